The highest BCUT2D eigenvalue weighted by molar-refractivity contribution is 7.92. The highest BCUT2D eigenvalue weighted by Crippen LogP contribution is 2.30. The molecule has 0 saturated heterocycles. The number of hydrogen-bond acceptors (Lipinski definition) is 4. The Labute approximate surface area is 171 Å². The van der Waals surface area contributed by atoms with E-state index in [0.29, 0.717) is 11.4 Å². The van der Waals surface area contributed by atoms with Gasteiger partial charge in [0.2, 0.25) is 15.9 Å². The number of carbonyl (C=O) groups is 1. The molecule has 0 heterocycles. The number of nitrogens with one attached hydrogen (secondary N) is 1. The van der Waals surface area contributed by atoms with E-state index in [-0.39, 0.29) is 17.6 Å². The summed E-state index contributed by atoms with van der Waals surface area (Å²) in [4.78, 5) is 12.6. The van der Waals surface area contributed by atoms with Crippen molar-refractivity contribution in [2.45, 2.75) is 26.8 Å². The third-order valence-corrected chi connectivity index (χ3v) is 5.82. The minimum Gasteiger partial charge on any atom is -0.495 e. The fourth-order valence-corrected chi connectivity index (χ4v) is 4.12. The lowest BCUT2D eigenvalue weighted by Gasteiger charge is -2.24. The number of methoxy groups -OCH3 is 1. The Balaban J connectivity index is 2.21. The standard InChI is InChI=1S/C20H25ClN2O4S/c1-13-6-8-17(14(2)10-13)15(3)22-20(24)12-23(28(5,25)26)16-7-9-19(27-4)18(21)11-16/h6-11,15H,12H2,1-5H3,(H,22,24). The van der Waals surface area contributed by atoms with E-state index in [1.54, 1.807) is 12.1 Å². The summed E-state index contributed by atoms with van der Waals surface area (Å²) in [6.07, 6.45) is 1.05. The third kappa shape index (κ3) is 5.39. The molecular weight excluding hydrogens is 400 g/mol. The molecule has 2 aromatic rings. The van der Waals surface area contributed by atoms with Gasteiger partial charge in [-0.3, -0.25) is 9.10 Å². The number of ether oxygens (including phenoxy) is 1. The van der Waals surface area contributed by atoms with Gasteiger partial charge in [-0.05, 0) is 50.1 Å². The second-order valence-electron chi connectivity index (χ2n) is 6.74. The summed E-state index contributed by atoms with van der Waals surface area (Å²) in [7, 11) is -2.22. The van der Waals surface area contributed by atoms with Crippen molar-refractivity contribution < 1.29 is 17.9 Å². The van der Waals surface area contributed by atoms with E-state index >= 15 is 0 Å². The molecule has 0 fully saturated rings. The summed E-state index contributed by atoms with van der Waals surface area (Å²) in [5, 5.41) is 3.13. The molecule has 1 atom stereocenters. The average Bonchev–Trinajstić information content (AvgIpc) is 2.58. The van der Waals surface area contributed by atoms with Crippen LogP contribution in [0.15, 0.2) is 36.4 Å². The molecule has 0 radical (unpaired) electrons. The van der Waals surface area contributed by atoms with Crippen LogP contribution in [0.2, 0.25) is 5.02 Å². The molecule has 0 spiro atoms. The summed E-state index contributed by atoms with van der Waals surface area (Å²) < 4.78 is 30.6. The molecule has 152 valence electrons. The number of rotatable bonds is 7. The number of anilines is 1. The van der Waals surface area contributed by atoms with E-state index < -0.39 is 15.9 Å². The average molecular weight is 425 g/mol. The Morgan fingerprint density at radius 2 is 1.89 bits per heavy atom. The van der Waals surface area contributed by atoms with Crippen LogP contribution in [0.25, 0.3) is 0 Å². The van der Waals surface area contributed by atoms with Crippen LogP contribution in [0.4, 0.5) is 5.69 Å². The number of amides is 1. The number of sulfonamides is 1. The van der Waals surface area contributed by atoms with Crippen molar-refractivity contribution in [3.05, 3.63) is 58.1 Å². The molecule has 1 amide bonds. The highest BCUT2D eigenvalue weighted by Gasteiger charge is 2.23. The zero-order valence-electron chi connectivity index (χ0n) is 16.6. The molecule has 1 N–H and O–H groups in total. The molecular formula is C20H25ClN2O4S. The van der Waals surface area contributed by atoms with Crippen molar-refractivity contribution >= 4 is 33.2 Å². The number of hydrogen-bond donors (Lipinski definition) is 1. The summed E-state index contributed by atoms with van der Waals surface area (Å²) in [5.74, 6) is 0.0108. The Bertz CT molecular complexity index is 976. The highest BCUT2D eigenvalue weighted by atomic mass is 35.5. The van der Waals surface area contributed by atoms with E-state index in [2.05, 4.69) is 5.32 Å². The lowest BCUT2D eigenvalue weighted by atomic mass is 10.0. The summed E-state index contributed by atoms with van der Waals surface area (Å²) in [5.41, 5.74) is 3.48. The zero-order valence-corrected chi connectivity index (χ0v) is 18.2. The molecule has 2 rings (SSSR count). The first kappa shape index (κ1) is 22.0. The monoisotopic (exact) mass is 424 g/mol. The summed E-state index contributed by atoms with van der Waals surface area (Å²) in [6, 6.07) is 10.3. The zero-order chi connectivity index (χ0) is 21.1. The number of halogens is 1. The minimum atomic E-state index is -3.69. The molecule has 0 aromatic heterocycles. The van der Waals surface area contributed by atoms with Crippen molar-refractivity contribution in [3.63, 3.8) is 0 Å². The number of nitrogens with zero attached hydrogens (tertiary/aromatic N) is 1. The lowest BCUT2D eigenvalue weighted by molar-refractivity contribution is -0.120. The molecule has 28 heavy (non-hydrogen) atoms. The van der Waals surface area contributed by atoms with Crippen molar-refractivity contribution in [1.29, 1.82) is 0 Å². The van der Waals surface area contributed by atoms with Gasteiger partial charge in [0.15, 0.2) is 0 Å². The molecule has 0 bridgehead atoms. The lowest BCUT2D eigenvalue weighted by Crippen LogP contribution is -2.41. The fraction of sp³-hybridized carbons (Fsp3) is 0.350. The van der Waals surface area contributed by atoms with Crippen molar-refractivity contribution in [2.75, 3.05) is 24.2 Å². The molecule has 0 aliphatic rings. The fourth-order valence-electron chi connectivity index (χ4n) is 3.02. The molecule has 1 unspecified atom stereocenters. The van der Waals surface area contributed by atoms with E-state index in [4.69, 9.17) is 16.3 Å². The normalized spacial score (nSPS) is 12.4. The molecule has 6 nitrogen and oxygen atoms in total. The van der Waals surface area contributed by atoms with E-state index in [9.17, 15) is 13.2 Å². The van der Waals surface area contributed by atoms with Crippen LogP contribution in [0.1, 0.15) is 29.7 Å². The van der Waals surface area contributed by atoms with E-state index in [0.717, 1.165) is 27.3 Å². The number of aryl methyl sites for hydroxylation is 2. The van der Waals surface area contributed by atoms with Crippen molar-refractivity contribution in [3.8, 4) is 5.75 Å². The van der Waals surface area contributed by atoms with E-state index in [1.165, 1.54) is 13.2 Å². The van der Waals surface area contributed by atoms with Crippen LogP contribution < -0.4 is 14.4 Å². The van der Waals surface area contributed by atoms with Crippen molar-refractivity contribution in [2.24, 2.45) is 0 Å². The summed E-state index contributed by atoms with van der Waals surface area (Å²) >= 11 is 6.11. The first-order valence-corrected chi connectivity index (χ1v) is 10.9. The van der Waals surface area contributed by atoms with Crippen molar-refractivity contribution in [1.82, 2.24) is 5.32 Å². The first-order valence-electron chi connectivity index (χ1n) is 8.70. The van der Waals surface area contributed by atoms with Gasteiger partial charge in [-0.25, -0.2) is 8.42 Å². The van der Waals surface area contributed by atoms with Crippen LogP contribution in [-0.4, -0.2) is 34.2 Å². The summed E-state index contributed by atoms with van der Waals surface area (Å²) in [6.45, 7) is 5.50. The van der Waals surface area contributed by atoms with Gasteiger partial charge in [0.1, 0.15) is 12.3 Å². The predicted octanol–water partition coefficient (Wildman–Crippen LogP) is 3.61. The predicted molar refractivity (Wildman–Crippen MR) is 113 cm³/mol. The Morgan fingerprint density at radius 3 is 2.43 bits per heavy atom. The Morgan fingerprint density at radius 1 is 1.21 bits per heavy atom. The quantitative estimate of drug-likeness (QED) is 0.736. The molecule has 0 aliphatic carbocycles. The van der Waals surface area contributed by atoms with Gasteiger partial charge in [-0.1, -0.05) is 35.4 Å². The van der Waals surface area contributed by atoms with Crippen LogP contribution >= 0.6 is 11.6 Å². The van der Waals surface area contributed by atoms with Crippen LogP contribution in [0.5, 0.6) is 5.75 Å². The SMILES string of the molecule is COc1ccc(N(CC(=O)NC(C)c2ccc(C)cc2C)S(C)(=O)=O)cc1Cl. The second-order valence-corrected chi connectivity index (χ2v) is 9.05. The second kappa shape index (κ2) is 8.84. The maximum absolute atomic E-state index is 12.6. The van der Waals surface area contributed by atoms with Crippen LogP contribution in [-0.2, 0) is 14.8 Å². The smallest absolute Gasteiger partial charge is 0.241 e. The molecule has 0 aliphatic heterocycles. The van der Waals surface area contributed by atoms with Gasteiger partial charge >= 0.3 is 0 Å². The van der Waals surface area contributed by atoms with Gasteiger partial charge < -0.3 is 10.1 Å². The Kier molecular flexibility index (Phi) is 6.96. The Hall–Kier alpha value is -2.25. The number of benzene rings is 2. The van der Waals surface area contributed by atoms with Crippen LogP contribution in [0.3, 0.4) is 0 Å². The molecule has 8 heteroatoms. The molecule has 0 saturated carbocycles. The van der Waals surface area contributed by atoms with Gasteiger partial charge in [0, 0.05) is 0 Å². The van der Waals surface area contributed by atoms with E-state index in [1.807, 2.05) is 39.0 Å². The topological polar surface area (TPSA) is 75.7 Å². The minimum absolute atomic E-state index is 0.256. The van der Waals surface area contributed by atoms with Gasteiger partial charge in [-0.2, -0.15) is 0 Å². The van der Waals surface area contributed by atoms with Gasteiger partial charge in [0.25, 0.3) is 0 Å². The first-order chi connectivity index (χ1) is 13.0. The van der Waals surface area contributed by atoms with Crippen LogP contribution in [0, 0.1) is 13.8 Å². The number of carbonyl (C=O) groups excluding carboxylic acids is 1. The van der Waals surface area contributed by atoms with Gasteiger partial charge in [-0.15, -0.1) is 0 Å². The maximum Gasteiger partial charge on any atom is 0.241 e. The maximum atomic E-state index is 12.6. The van der Waals surface area contributed by atoms with Gasteiger partial charge in [0.05, 0.1) is 30.1 Å². The largest absolute Gasteiger partial charge is 0.495 e. The third-order valence-electron chi connectivity index (χ3n) is 4.38. The molecule has 2 aromatic carbocycles.